The molecule has 3 aromatic carbocycles. The van der Waals surface area contributed by atoms with Crippen molar-refractivity contribution in [2.24, 2.45) is 5.73 Å². The number of methoxy groups -OCH3 is 3. The molecule has 0 unspecified atom stereocenters. The number of hydrogen-bond donors (Lipinski definition) is 5. The molecule has 0 radical (unpaired) electrons. The second-order valence-electron chi connectivity index (χ2n) is 8.55. The molecule has 0 spiro atoms. The summed E-state index contributed by atoms with van der Waals surface area (Å²) in [5, 5.41) is 22.6. The van der Waals surface area contributed by atoms with Gasteiger partial charge in [-0.3, -0.25) is 15.2 Å². The quantitative estimate of drug-likeness (QED) is 0.112. The highest BCUT2D eigenvalue weighted by Crippen LogP contribution is 2.35. The van der Waals surface area contributed by atoms with Crippen molar-refractivity contribution in [3.63, 3.8) is 0 Å². The first kappa shape index (κ1) is 30.9. The van der Waals surface area contributed by atoms with Gasteiger partial charge in [0.2, 0.25) is 0 Å². The molecule has 0 fully saturated rings. The van der Waals surface area contributed by atoms with Gasteiger partial charge in [-0.15, -0.1) is 5.10 Å². The molecular weight excluding hydrogens is 551 g/mol. The van der Waals surface area contributed by atoms with E-state index in [9.17, 15) is 9.59 Å². The highest BCUT2D eigenvalue weighted by atomic mass is 19.1. The van der Waals surface area contributed by atoms with Crippen molar-refractivity contribution in [1.29, 1.82) is 5.41 Å². The largest absolute Gasteiger partial charge is 0.493 e. The van der Waals surface area contributed by atoms with Crippen LogP contribution in [0.2, 0.25) is 0 Å². The molecule has 0 amide bonds. The van der Waals surface area contributed by atoms with E-state index in [2.05, 4.69) is 15.4 Å². The van der Waals surface area contributed by atoms with Gasteiger partial charge >= 0.3 is 11.7 Å². The summed E-state index contributed by atoms with van der Waals surface area (Å²) in [6.45, 7) is 1.08. The number of benzene rings is 3. The van der Waals surface area contributed by atoms with Crippen molar-refractivity contribution in [2.45, 2.75) is 13.0 Å². The molecule has 220 valence electrons. The molecule has 0 saturated heterocycles. The number of carbonyl (C=O) groups is 2. The Balaban J connectivity index is 0.00000114. The van der Waals surface area contributed by atoms with Gasteiger partial charge < -0.3 is 30.4 Å². The van der Waals surface area contributed by atoms with Gasteiger partial charge in [0.25, 0.3) is 5.97 Å². The number of carboxylic acids is 1. The summed E-state index contributed by atoms with van der Waals surface area (Å²) < 4.78 is 31.8. The van der Waals surface area contributed by atoms with Crippen LogP contribution in [0.1, 0.15) is 40.3 Å². The van der Waals surface area contributed by atoms with Crippen LogP contribution in [0.25, 0.3) is 5.69 Å². The topological polar surface area (TPSA) is 195 Å². The standard InChI is InChI=1S/C26H25FN6O5.C2H4O2/c1-36-20-12-17(18(27)13-21(20)37-2)22(30-15-10-8-14(9-11-15)23(28)29)24-31-26(35)33(32-24)19-7-5-4-6-16(19)25(34)38-3;1-2(3)4/h4-13,22,30H,1-3H3,(H3,28,29)(H,31,32,35);1H3,(H,3,4)/t22-;/m0./s1. The first-order valence-electron chi connectivity index (χ1n) is 12.2. The van der Waals surface area contributed by atoms with E-state index in [0.29, 0.717) is 11.3 Å². The van der Waals surface area contributed by atoms with Gasteiger partial charge in [-0.25, -0.2) is 14.0 Å². The van der Waals surface area contributed by atoms with Gasteiger partial charge in [-0.05, 0) is 42.5 Å². The van der Waals surface area contributed by atoms with Crippen LogP contribution in [0.5, 0.6) is 11.5 Å². The van der Waals surface area contributed by atoms with E-state index in [4.69, 9.17) is 35.3 Å². The third-order valence-corrected chi connectivity index (χ3v) is 5.77. The van der Waals surface area contributed by atoms with E-state index < -0.39 is 29.5 Å². The molecule has 0 saturated carbocycles. The summed E-state index contributed by atoms with van der Waals surface area (Å²) in [6, 6.07) is 14.5. The summed E-state index contributed by atoms with van der Waals surface area (Å²) in [5.41, 5.74) is 6.32. The highest BCUT2D eigenvalue weighted by molar-refractivity contribution is 5.95. The Morgan fingerprint density at radius 3 is 2.24 bits per heavy atom. The minimum atomic E-state index is -1.02. The van der Waals surface area contributed by atoms with Crippen LogP contribution in [0.15, 0.2) is 65.5 Å². The maximum atomic E-state index is 15.4. The molecule has 1 aromatic heterocycles. The van der Waals surface area contributed by atoms with Crippen molar-refractivity contribution in [1.82, 2.24) is 14.8 Å². The van der Waals surface area contributed by atoms with Gasteiger partial charge in [0.1, 0.15) is 17.7 Å². The average Bonchev–Trinajstić information content (AvgIpc) is 3.36. The van der Waals surface area contributed by atoms with E-state index in [0.717, 1.165) is 11.6 Å². The number of carboxylic acid groups (broad SMARTS) is 1. The first-order valence-corrected chi connectivity index (χ1v) is 12.2. The molecule has 0 bridgehead atoms. The van der Waals surface area contributed by atoms with Gasteiger partial charge in [-0.1, -0.05) is 12.1 Å². The lowest BCUT2D eigenvalue weighted by Crippen LogP contribution is -2.19. The number of nitrogens with one attached hydrogen (secondary N) is 3. The van der Waals surface area contributed by atoms with Crippen LogP contribution in [-0.2, 0) is 9.53 Å². The second kappa shape index (κ2) is 13.6. The third-order valence-electron chi connectivity index (χ3n) is 5.77. The molecule has 14 heteroatoms. The van der Waals surface area contributed by atoms with Crippen LogP contribution in [0, 0.1) is 11.2 Å². The molecule has 6 N–H and O–H groups in total. The molecule has 0 aliphatic carbocycles. The number of aromatic amines is 1. The van der Waals surface area contributed by atoms with E-state index in [1.807, 2.05) is 0 Å². The number of nitrogens with two attached hydrogens (primary N) is 1. The predicted octanol–water partition coefficient (Wildman–Crippen LogP) is 3.08. The number of para-hydroxylation sites is 1. The smallest absolute Gasteiger partial charge is 0.348 e. The SMILES string of the molecule is CC(=O)O.COC(=O)c1ccccc1-n1nc([C@@H](Nc2ccc(C(=N)N)cc2)c2cc(OC)c(OC)cc2F)[nH]c1=O. The fourth-order valence-electron chi connectivity index (χ4n) is 3.87. The van der Waals surface area contributed by atoms with Gasteiger partial charge in [0.15, 0.2) is 17.3 Å². The third kappa shape index (κ3) is 7.10. The number of anilines is 1. The van der Waals surface area contributed by atoms with Crippen LogP contribution in [0.3, 0.4) is 0 Å². The molecule has 4 rings (SSSR count). The Bertz CT molecular complexity index is 1650. The van der Waals surface area contributed by atoms with E-state index in [-0.39, 0.29) is 40.0 Å². The molecule has 0 aliphatic heterocycles. The number of aromatic nitrogens is 3. The molecule has 4 aromatic rings. The monoisotopic (exact) mass is 580 g/mol. The van der Waals surface area contributed by atoms with Crippen molar-refractivity contribution >= 4 is 23.5 Å². The Morgan fingerprint density at radius 2 is 1.67 bits per heavy atom. The van der Waals surface area contributed by atoms with Crippen LogP contribution in [0.4, 0.5) is 10.1 Å². The lowest BCUT2D eigenvalue weighted by atomic mass is 10.0. The molecule has 1 atom stereocenters. The number of ether oxygens (including phenoxy) is 3. The van der Waals surface area contributed by atoms with Crippen molar-refractivity contribution < 1.29 is 33.3 Å². The Morgan fingerprint density at radius 1 is 1.07 bits per heavy atom. The maximum Gasteiger partial charge on any atom is 0.348 e. The van der Waals surface area contributed by atoms with Crippen molar-refractivity contribution in [2.75, 3.05) is 26.6 Å². The van der Waals surface area contributed by atoms with Gasteiger partial charge in [0.05, 0.1) is 32.6 Å². The molecule has 42 heavy (non-hydrogen) atoms. The summed E-state index contributed by atoms with van der Waals surface area (Å²) in [6.07, 6.45) is 0. The Labute approximate surface area is 239 Å². The van der Waals surface area contributed by atoms with Gasteiger partial charge in [0, 0.05) is 29.8 Å². The van der Waals surface area contributed by atoms with E-state index in [1.54, 1.807) is 36.4 Å². The van der Waals surface area contributed by atoms with E-state index >= 15 is 4.39 Å². The van der Waals surface area contributed by atoms with Crippen LogP contribution in [-0.4, -0.2) is 59.0 Å². The lowest BCUT2D eigenvalue weighted by molar-refractivity contribution is -0.134. The predicted molar refractivity (Wildman–Crippen MR) is 151 cm³/mol. The zero-order valence-corrected chi connectivity index (χ0v) is 23.1. The number of amidine groups is 1. The molecular formula is C28H29FN6O7. The lowest BCUT2D eigenvalue weighted by Gasteiger charge is -2.20. The molecule has 0 aliphatic rings. The number of rotatable bonds is 9. The number of esters is 1. The second-order valence-corrected chi connectivity index (χ2v) is 8.55. The number of aliphatic carboxylic acids is 1. The van der Waals surface area contributed by atoms with Crippen molar-refractivity contribution in [3.05, 3.63) is 99.5 Å². The minimum Gasteiger partial charge on any atom is -0.493 e. The fourth-order valence-corrected chi connectivity index (χ4v) is 3.87. The zero-order chi connectivity index (χ0) is 31.0. The number of nitrogen functional groups attached to an aromatic ring is 1. The minimum absolute atomic E-state index is 0.0523. The van der Waals surface area contributed by atoms with Gasteiger partial charge in [-0.2, -0.15) is 4.68 Å². The number of nitrogens with zero attached hydrogens (tertiary/aromatic N) is 2. The number of halogens is 1. The van der Waals surface area contributed by atoms with Crippen molar-refractivity contribution in [3.8, 4) is 17.2 Å². The summed E-state index contributed by atoms with van der Waals surface area (Å²) in [7, 11) is 4.04. The number of hydrogen-bond acceptors (Lipinski definition) is 9. The number of carbonyl (C=O) groups excluding carboxylic acids is 1. The Hall–Kier alpha value is -5.66. The Kier molecular flexibility index (Phi) is 10.0. The molecule has 13 nitrogen and oxygen atoms in total. The molecule has 1 heterocycles. The number of H-pyrrole nitrogens is 1. The normalized spacial score (nSPS) is 11.0. The first-order chi connectivity index (χ1) is 20.0. The van der Waals surface area contributed by atoms with Crippen LogP contribution >= 0.6 is 0 Å². The maximum absolute atomic E-state index is 15.4. The summed E-state index contributed by atoms with van der Waals surface area (Å²) in [4.78, 5) is 37.0. The van der Waals surface area contributed by atoms with E-state index in [1.165, 1.54) is 45.6 Å². The highest BCUT2D eigenvalue weighted by Gasteiger charge is 2.26. The van der Waals surface area contributed by atoms with Crippen LogP contribution < -0.4 is 26.2 Å². The summed E-state index contributed by atoms with van der Waals surface area (Å²) >= 11 is 0. The fraction of sp³-hybridized carbons (Fsp3) is 0.179. The zero-order valence-electron chi connectivity index (χ0n) is 23.1. The average molecular weight is 581 g/mol. The summed E-state index contributed by atoms with van der Waals surface area (Å²) in [5.74, 6) is -1.73.